The fraction of sp³-hybridized carbons (Fsp3) is 0.389. The van der Waals surface area contributed by atoms with Gasteiger partial charge in [0.2, 0.25) is 0 Å². The first-order chi connectivity index (χ1) is 10.6. The quantitative estimate of drug-likeness (QED) is 0.794. The first-order valence-electron chi connectivity index (χ1n) is 7.59. The predicted molar refractivity (Wildman–Crippen MR) is 86.5 cm³/mol. The molecule has 2 aromatic rings. The molecule has 0 aromatic carbocycles. The highest BCUT2D eigenvalue weighted by Gasteiger charge is 2.26. The zero-order valence-corrected chi connectivity index (χ0v) is 13.1. The Hall–Kier alpha value is -2.07. The Morgan fingerprint density at radius 1 is 1.18 bits per heavy atom. The van der Waals surface area contributed by atoms with Crippen molar-refractivity contribution in [1.82, 2.24) is 9.97 Å². The number of Topliss-reactive ketones (excluding diaryl/α,β-unsaturated/α-hetero) is 1. The fourth-order valence-electron chi connectivity index (χ4n) is 2.54. The summed E-state index contributed by atoms with van der Waals surface area (Å²) in [4.78, 5) is 20.9. The van der Waals surface area contributed by atoms with Gasteiger partial charge in [-0.3, -0.25) is 14.8 Å². The minimum atomic E-state index is -0.356. The van der Waals surface area contributed by atoms with Gasteiger partial charge in [0.25, 0.3) is 0 Å². The molecule has 0 saturated heterocycles. The largest absolute Gasteiger partial charge is 0.396 e. The number of aliphatic hydroxyl groups is 1. The molecule has 0 aliphatic rings. The van der Waals surface area contributed by atoms with Gasteiger partial charge in [-0.05, 0) is 36.1 Å². The first kappa shape index (κ1) is 16.3. The van der Waals surface area contributed by atoms with Crippen LogP contribution in [0.5, 0.6) is 0 Å². The van der Waals surface area contributed by atoms with E-state index in [0.29, 0.717) is 12.0 Å². The van der Waals surface area contributed by atoms with Crippen LogP contribution in [0.3, 0.4) is 0 Å². The number of hydrogen-bond acceptors (Lipinski definition) is 4. The maximum atomic E-state index is 12.4. The van der Waals surface area contributed by atoms with Gasteiger partial charge in [-0.2, -0.15) is 0 Å². The fourth-order valence-corrected chi connectivity index (χ4v) is 2.54. The maximum Gasteiger partial charge on any atom is 0.165 e. The normalized spacial score (nSPS) is 13.6. The number of aliphatic hydroxyl groups excluding tert-OH is 1. The number of nitrogens with zero attached hydrogens (tertiary/aromatic N) is 2. The Balaban J connectivity index is 2.12. The lowest BCUT2D eigenvalue weighted by Crippen LogP contribution is -2.25. The van der Waals surface area contributed by atoms with Crippen molar-refractivity contribution in [2.45, 2.75) is 33.1 Å². The third-order valence-electron chi connectivity index (χ3n) is 3.84. The van der Waals surface area contributed by atoms with Gasteiger partial charge in [0.1, 0.15) is 0 Å². The van der Waals surface area contributed by atoms with Crippen LogP contribution < -0.4 is 0 Å². The number of aromatic nitrogens is 2. The highest BCUT2D eigenvalue weighted by Crippen LogP contribution is 2.28. The first-order valence-corrected chi connectivity index (χ1v) is 7.59. The van der Waals surface area contributed by atoms with Crippen molar-refractivity contribution in [3.8, 4) is 11.4 Å². The number of pyridine rings is 2. The lowest BCUT2D eigenvalue weighted by molar-refractivity contribution is 0.0798. The molecule has 1 atom stereocenters. The van der Waals surface area contributed by atoms with Crippen molar-refractivity contribution < 1.29 is 9.90 Å². The maximum absolute atomic E-state index is 12.4. The minimum Gasteiger partial charge on any atom is -0.396 e. The van der Waals surface area contributed by atoms with Crippen LogP contribution >= 0.6 is 0 Å². The van der Waals surface area contributed by atoms with Crippen LogP contribution in [-0.4, -0.2) is 27.5 Å². The zero-order valence-electron chi connectivity index (χ0n) is 13.1. The summed E-state index contributed by atoms with van der Waals surface area (Å²) in [6.07, 6.45) is 5.42. The van der Waals surface area contributed by atoms with Crippen LogP contribution in [0.2, 0.25) is 0 Å². The molecule has 0 aliphatic heterocycles. The van der Waals surface area contributed by atoms with E-state index in [9.17, 15) is 9.90 Å². The third kappa shape index (κ3) is 3.98. The summed E-state index contributed by atoms with van der Waals surface area (Å²) in [6.45, 7) is 4.03. The van der Waals surface area contributed by atoms with Crippen LogP contribution in [0.25, 0.3) is 11.4 Å². The molecule has 0 radical (unpaired) electrons. The number of ketones is 1. The van der Waals surface area contributed by atoms with E-state index in [1.54, 1.807) is 18.5 Å². The lowest BCUT2D eigenvalue weighted by Gasteiger charge is -2.25. The third-order valence-corrected chi connectivity index (χ3v) is 3.84. The average molecular weight is 298 g/mol. The monoisotopic (exact) mass is 298 g/mol. The van der Waals surface area contributed by atoms with Gasteiger partial charge >= 0.3 is 0 Å². The highest BCUT2D eigenvalue weighted by molar-refractivity contribution is 5.96. The van der Waals surface area contributed by atoms with E-state index in [1.807, 2.05) is 31.2 Å². The molecular weight excluding hydrogens is 276 g/mol. The van der Waals surface area contributed by atoms with E-state index in [1.165, 1.54) is 0 Å². The summed E-state index contributed by atoms with van der Waals surface area (Å²) in [6, 6.07) is 9.23. The second-order valence-corrected chi connectivity index (χ2v) is 5.97. The lowest BCUT2D eigenvalue weighted by atomic mass is 9.80. The molecule has 116 valence electrons. The number of hydrogen-bond donors (Lipinski definition) is 1. The Labute approximate surface area is 131 Å². The van der Waals surface area contributed by atoms with E-state index in [2.05, 4.69) is 16.9 Å². The Kier molecular flexibility index (Phi) is 5.39. The van der Waals surface area contributed by atoms with Gasteiger partial charge < -0.3 is 5.11 Å². The number of carbonyl (C=O) groups excluding carboxylic acids is 1. The molecule has 0 spiro atoms. The van der Waals surface area contributed by atoms with E-state index < -0.39 is 0 Å². The summed E-state index contributed by atoms with van der Waals surface area (Å²) in [5.74, 6) is 0.0186. The van der Waals surface area contributed by atoms with Crippen molar-refractivity contribution >= 4 is 5.78 Å². The van der Waals surface area contributed by atoms with Crippen LogP contribution in [0.15, 0.2) is 42.7 Å². The van der Waals surface area contributed by atoms with Crippen molar-refractivity contribution in [3.63, 3.8) is 0 Å². The molecular formula is C18H22N2O2. The van der Waals surface area contributed by atoms with Crippen molar-refractivity contribution in [1.29, 1.82) is 0 Å². The highest BCUT2D eigenvalue weighted by atomic mass is 16.3. The number of rotatable bonds is 7. The molecule has 0 fully saturated rings. The van der Waals surface area contributed by atoms with Gasteiger partial charge in [-0.1, -0.05) is 26.3 Å². The molecule has 4 nitrogen and oxygen atoms in total. The summed E-state index contributed by atoms with van der Waals surface area (Å²) >= 11 is 0. The van der Waals surface area contributed by atoms with Crippen LogP contribution in [-0.2, 0) is 0 Å². The Morgan fingerprint density at radius 2 is 1.95 bits per heavy atom. The minimum absolute atomic E-state index is 0.0186. The van der Waals surface area contributed by atoms with Gasteiger partial charge in [0, 0.05) is 31.0 Å². The molecule has 0 aliphatic carbocycles. The second-order valence-electron chi connectivity index (χ2n) is 5.97. The average Bonchev–Trinajstić information content (AvgIpc) is 2.56. The molecule has 2 heterocycles. The van der Waals surface area contributed by atoms with Gasteiger partial charge in [0.15, 0.2) is 5.78 Å². The van der Waals surface area contributed by atoms with E-state index in [4.69, 9.17) is 0 Å². The van der Waals surface area contributed by atoms with Gasteiger partial charge in [-0.25, -0.2) is 0 Å². The van der Waals surface area contributed by atoms with Gasteiger partial charge in [0.05, 0.1) is 11.4 Å². The summed E-state index contributed by atoms with van der Waals surface area (Å²) < 4.78 is 0. The van der Waals surface area contributed by atoms with Crippen molar-refractivity contribution in [2.24, 2.45) is 5.41 Å². The molecule has 0 amide bonds. The summed E-state index contributed by atoms with van der Waals surface area (Å²) in [7, 11) is 0. The standard InChI is InChI=1S/C18H22N2O2/c1-3-9-18(2,13-21)11-17(22)14-7-8-16(20-12-14)15-6-4-5-10-19-15/h4-8,10,12,21H,3,9,11,13H2,1-2H3. The van der Waals surface area contributed by atoms with Crippen molar-refractivity contribution in [2.75, 3.05) is 6.61 Å². The van der Waals surface area contributed by atoms with Crippen molar-refractivity contribution in [3.05, 3.63) is 48.3 Å². The summed E-state index contributed by atoms with van der Waals surface area (Å²) in [5.41, 5.74) is 1.75. The smallest absolute Gasteiger partial charge is 0.165 e. The predicted octanol–water partition coefficient (Wildman–Crippen LogP) is 3.52. The van der Waals surface area contributed by atoms with E-state index in [-0.39, 0.29) is 17.8 Å². The molecule has 2 aromatic heterocycles. The van der Waals surface area contributed by atoms with Crippen LogP contribution in [0, 0.1) is 5.41 Å². The van der Waals surface area contributed by atoms with Crippen LogP contribution in [0.4, 0.5) is 0 Å². The molecule has 1 N–H and O–H groups in total. The topological polar surface area (TPSA) is 63.1 Å². The zero-order chi connectivity index (χ0) is 16.0. The van der Waals surface area contributed by atoms with Gasteiger partial charge in [-0.15, -0.1) is 0 Å². The van der Waals surface area contributed by atoms with Crippen LogP contribution in [0.1, 0.15) is 43.5 Å². The Bertz CT molecular complexity index is 611. The molecule has 0 saturated carbocycles. The Morgan fingerprint density at radius 3 is 2.50 bits per heavy atom. The summed E-state index contributed by atoms with van der Waals surface area (Å²) in [5, 5.41) is 9.53. The number of carbonyl (C=O) groups is 1. The molecule has 22 heavy (non-hydrogen) atoms. The molecule has 0 bridgehead atoms. The van der Waals surface area contributed by atoms with E-state index >= 15 is 0 Å². The molecule has 2 rings (SSSR count). The SMILES string of the molecule is CCCC(C)(CO)CC(=O)c1ccc(-c2ccccn2)nc1. The second kappa shape index (κ2) is 7.27. The molecule has 1 unspecified atom stereocenters. The molecule has 4 heteroatoms. The van der Waals surface area contributed by atoms with E-state index in [0.717, 1.165) is 24.2 Å².